The zero-order valence-corrected chi connectivity index (χ0v) is 27.4. The van der Waals surface area contributed by atoms with Crippen molar-refractivity contribution in [1.29, 1.82) is 0 Å². The Morgan fingerprint density at radius 3 is 2.46 bits per heavy atom. The van der Waals surface area contributed by atoms with E-state index in [0.717, 1.165) is 32.4 Å². The average Bonchev–Trinajstić information content (AvgIpc) is 3.58. The van der Waals surface area contributed by atoms with Crippen LogP contribution in [0.3, 0.4) is 0 Å². The van der Waals surface area contributed by atoms with Crippen LogP contribution in [0.2, 0.25) is 0 Å². The Morgan fingerprint density at radius 1 is 0.880 bits per heavy atom. The van der Waals surface area contributed by atoms with Crippen molar-refractivity contribution in [3.05, 3.63) is 107 Å². The van der Waals surface area contributed by atoms with Crippen molar-refractivity contribution in [3.63, 3.8) is 0 Å². The van der Waals surface area contributed by atoms with E-state index in [4.69, 9.17) is 4.74 Å². The molecule has 1 aliphatic heterocycles. The molecule has 254 valence electrons. The van der Waals surface area contributed by atoms with E-state index in [1.54, 1.807) is 25.3 Å². The van der Waals surface area contributed by atoms with Crippen molar-refractivity contribution in [1.82, 2.24) is 30.4 Å². The maximum Gasteiger partial charge on any atom is 0.261 e. The Morgan fingerprint density at radius 2 is 1.66 bits per heavy atom. The van der Waals surface area contributed by atoms with Gasteiger partial charge in [0.05, 0.1) is 23.8 Å². The third-order valence-electron chi connectivity index (χ3n) is 8.74. The van der Waals surface area contributed by atoms with Gasteiger partial charge in [0.2, 0.25) is 18.2 Å². The minimum absolute atomic E-state index is 0.0401. The first kappa shape index (κ1) is 33.5. The Bertz CT molecular complexity index is 2120. The zero-order valence-electron chi connectivity index (χ0n) is 27.4. The van der Waals surface area contributed by atoms with Crippen molar-refractivity contribution in [2.45, 2.75) is 45.4 Å². The molecule has 1 aliphatic rings. The normalized spacial score (nSPS) is 12.9. The molecular weight excluding hydrogens is 640 g/mol. The lowest BCUT2D eigenvalue weighted by Gasteiger charge is -2.22. The average molecular weight is 675 g/mol. The van der Waals surface area contributed by atoms with Crippen LogP contribution in [-0.4, -0.2) is 63.5 Å². The number of ether oxygens (including phenoxy) is 1. The molecular formula is C37H34N6O7. The summed E-state index contributed by atoms with van der Waals surface area (Å²) in [4.78, 5) is 79.9. The number of aromatic nitrogens is 2. The first-order valence-corrected chi connectivity index (χ1v) is 16.0. The van der Waals surface area contributed by atoms with E-state index in [2.05, 4.69) is 15.6 Å². The Kier molecular flexibility index (Phi) is 9.66. The largest absolute Gasteiger partial charge is 0.496 e. The summed E-state index contributed by atoms with van der Waals surface area (Å²) in [6.45, 7) is 2.12. The highest BCUT2D eigenvalue weighted by Crippen LogP contribution is 2.29. The van der Waals surface area contributed by atoms with Crippen LogP contribution in [0.1, 0.15) is 62.0 Å². The van der Waals surface area contributed by atoms with Gasteiger partial charge in [0.25, 0.3) is 17.7 Å². The van der Waals surface area contributed by atoms with Crippen molar-refractivity contribution in [2.75, 3.05) is 7.11 Å². The number of fused-ring (bicyclic) bond motifs is 4. The number of pyridine rings is 1. The Balaban J connectivity index is 1.06. The molecule has 3 N–H and O–H groups in total. The summed E-state index contributed by atoms with van der Waals surface area (Å²) < 4.78 is 7.48. The second-order valence-corrected chi connectivity index (χ2v) is 11.9. The van der Waals surface area contributed by atoms with Gasteiger partial charge in [-0.05, 0) is 61.4 Å². The second-order valence-electron chi connectivity index (χ2n) is 11.9. The number of carbonyl (C=O) groups is 6. The summed E-state index contributed by atoms with van der Waals surface area (Å²) in [6.07, 6.45) is 2.12. The monoisotopic (exact) mass is 674 g/mol. The number of nitrogens with one attached hydrogen (secondary N) is 3. The van der Waals surface area contributed by atoms with Gasteiger partial charge in [0.1, 0.15) is 17.9 Å². The van der Waals surface area contributed by atoms with Gasteiger partial charge in [-0.25, -0.2) is 4.98 Å². The van der Waals surface area contributed by atoms with E-state index in [-0.39, 0.29) is 61.5 Å². The van der Waals surface area contributed by atoms with Crippen LogP contribution in [0.25, 0.3) is 21.9 Å². The van der Waals surface area contributed by atoms with E-state index in [0.29, 0.717) is 11.3 Å². The molecule has 6 rings (SSSR count). The molecule has 0 saturated carbocycles. The molecule has 5 aromatic rings. The molecule has 3 aromatic carbocycles. The van der Waals surface area contributed by atoms with Gasteiger partial charge < -0.3 is 19.9 Å². The molecule has 50 heavy (non-hydrogen) atoms. The van der Waals surface area contributed by atoms with Crippen LogP contribution in [-0.2, 0) is 34.0 Å². The Hall–Kier alpha value is -6.37. The fourth-order valence-corrected chi connectivity index (χ4v) is 6.16. The molecule has 13 nitrogen and oxygen atoms in total. The smallest absolute Gasteiger partial charge is 0.261 e. The number of hydrogen-bond donors (Lipinski definition) is 3. The number of methoxy groups -OCH3 is 1. The number of hydrogen-bond acceptors (Lipinski definition) is 8. The minimum Gasteiger partial charge on any atom is -0.496 e. The summed E-state index contributed by atoms with van der Waals surface area (Å²) in [5, 5.41) is 9.84. The SMILES string of the molecule is COc1cc(CNC(=O)Cn2c3ccccc3c3cccnc32)ccc1CNC(=O)c1ccc2c(c1)C(=O)N(C(C)CCC(=O)NC=O)C2=O. The third kappa shape index (κ3) is 6.65. The van der Waals surface area contributed by atoms with Crippen LogP contribution in [0.5, 0.6) is 5.75 Å². The zero-order chi connectivity index (χ0) is 35.4. The summed E-state index contributed by atoms with van der Waals surface area (Å²) in [5.74, 6) is -1.69. The van der Waals surface area contributed by atoms with Crippen LogP contribution in [0.15, 0.2) is 79.0 Å². The fraction of sp³-hybridized carbons (Fsp3) is 0.216. The lowest BCUT2D eigenvalue weighted by molar-refractivity contribution is -0.125. The van der Waals surface area contributed by atoms with E-state index < -0.39 is 29.7 Å². The molecule has 2 aromatic heterocycles. The molecule has 0 saturated heterocycles. The topological polar surface area (TPSA) is 169 Å². The number of imide groups is 2. The molecule has 0 spiro atoms. The molecule has 1 atom stereocenters. The molecule has 0 fully saturated rings. The van der Waals surface area contributed by atoms with Gasteiger partial charge >= 0.3 is 0 Å². The van der Waals surface area contributed by atoms with Crippen LogP contribution in [0.4, 0.5) is 0 Å². The molecule has 0 bridgehead atoms. The van der Waals surface area contributed by atoms with E-state index in [1.165, 1.54) is 25.3 Å². The maximum absolute atomic E-state index is 13.1. The lowest BCUT2D eigenvalue weighted by atomic mass is 10.0. The summed E-state index contributed by atoms with van der Waals surface area (Å²) in [7, 11) is 1.52. The van der Waals surface area contributed by atoms with E-state index in [9.17, 15) is 28.8 Å². The number of amides is 6. The summed E-state index contributed by atoms with van der Waals surface area (Å²) >= 11 is 0. The lowest BCUT2D eigenvalue weighted by Crippen LogP contribution is -2.38. The molecule has 3 heterocycles. The van der Waals surface area contributed by atoms with E-state index >= 15 is 0 Å². The highest BCUT2D eigenvalue weighted by atomic mass is 16.5. The number of carbonyl (C=O) groups excluding carboxylic acids is 6. The maximum atomic E-state index is 13.1. The molecule has 0 radical (unpaired) electrons. The second kappa shape index (κ2) is 14.4. The van der Waals surface area contributed by atoms with Crippen molar-refractivity contribution >= 4 is 57.9 Å². The van der Waals surface area contributed by atoms with Gasteiger partial charge in [-0.2, -0.15) is 0 Å². The predicted molar refractivity (Wildman–Crippen MR) is 183 cm³/mol. The van der Waals surface area contributed by atoms with Crippen molar-refractivity contribution in [2.24, 2.45) is 0 Å². The molecule has 13 heteroatoms. The highest BCUT2D eigenvalue weighted by Gasteiger charge is 2.38. The number of rotatable bonds is 13. The van der Waals surface area contributed by atoms with Gasteiger partial charge in [-0.3, -0.25) is 39.0 Å². The quantitative estimate of drug-likeness (QED) is 0.126. The van der Waals surface area contributed by atoms with Crippen LogP contribution in [0, 0.1) is 0 Å². The van der Waals surface area contributed by atoms with Crippen LogP contribution >= 0.6 is 0 Å². The Labute approximate surface area is 286 Å². The molecule has 1 unspecified atom stereocenters. The first-order chi connectivity index (χ1) is 24.2. The summed E-state index contributed by atoms with van der Waals surface area (Å²) in [6, 6.07) is 20.9. The standard InChI is InChI=1S/C37H34N6O7/c1-22(9-14-32(45)41-21-44)43-36(48)28-13-12-24(17-29(28)37(43)49)35(47)40-19-25-11-10-23(16-31(25)50-2)18-39-33(46)20-42-30-8-4-3-6-26(30)27-7-5-15-38-34(27)42/h3-8,10-13,15-17,21-22H,9,14,18-20H2,1-2H3,(H,39,46)(H,40,47)(H,41,44,45). The predicted octanol–water partition coefficient (Wildman–Crippen LogP) is 3.48. The third-order valence-corrected chi connectivity index (χ3v) is 8.74. The number of benzene rings is 3. The van der Waals surface area contributed by atoms with Gasteiger partial charge in [0, 0.05) is 53.6 Å². The minimum atomic E-state index is -0.599. The summed E-state index contributed by atoms with van der Waals surface area (Å²) in [5.41, 5.74) is 3.63. The highest BCUT2D eigenvalue weighted by molar-refractivity contribution is 6.22. The first-order valence-electron chi connectivity index (χ1n) is 16.0. The number of nitrogens with zero attached hydrogens (tertiary/aromatic N) is 3. The molecule has 6 amide bonds. The van der Waals surface area contributed by atoms with Gasteiger partial charge in [-0.1, -0.05) is 30.3 Å². The number of para-hydroxylation sites is 1. The van der Waals surface area contributed by atoms with Gasteiger partial charge in [-0.15, -0.1) is 0 Å². The fourth-order valence-electron chi connectivity index (χ4n) is 6.16. The van der Waals surface area contributed by atoms with Crippen molar-refractivity contribution < 1.29 is 33.5 Å². The van der Waals surface area contributed by atoms with Gasteiger partial charge in [0.15, 0.2) is 0 Å². The van der Waals surface area contributed by atoms with Crippen molar-refractivity contribution in [3.8, 4) is 5.75 Å². The van der Waals surface area contributed by atoms with Crippen LogP contribution < -0.4 is 20.7 Å². The molecule has 0 aliphatic carbocycles. The van der Waals surface area contributed by atoms with E-state index in [1.807, 2.05) is 52.3 Å².